The molecule has 1 fully saturated rings. The number of aryl methyl sites for hydroxylation is 2. The fraction of sp³-hybridized carbons (Fsp3) is 0.333. The Kier molecular flexibility index (Phi) is 6.77. The van der Waals surface area contributed by atoms with Crippen molar-refractivity contribution in [2.45, 2.75) is 39.8 Å². The van der Waals surface area contributed by atoms with Gasteiger partial charge in [0.25, 0.3) is 5.91 Å². The molecule has 2 aromatic rings. The average molecular weight is 405 g/mol. The molecule has 3 rings (SSSR count). The first kappa shape index (κ1) is 21.4. The van der Waals surface area contributed by atoms with Gasteiger partial charge in [-0.1, -0.05) is 48.1 Å². The summed E-state index contributed by atoms with van der Waals surface area (Å²) in [5.41, 5.74) is 2.32. The van der Waals surface area contributed by atoms with Crippen molar-refractivity contribution < 1.29 is 14.4 Å². The summed E-state index contributed by atoms with van der Waals surface area (Å²) in [6.45, 7) is 6.62. The second kappa shape index (κ2) is 9.48. The molecule has 0 N–H and O–H groups in total. The molecule has 1 aromatic carbocycles. The minimum absolute atomic E-state index is 0.309. The van der Waals surface area contributed by atoms with Crippen molar-refractivity contribution in [2.24, 2.45) is 5.92 Å². The largest absolute Gasteiger partial charge is 0.337 e. The molecule has 2 atom stereocenters. The Morgan fingerprint density at radius 3 is 2.47 bits per heavy atom. The normalized spacial score (nSPS) is 19.8. The summed E-state index contributed by atoms with van der Waals surface area (Å²) in [4.78, 5) is 44.7. The van der Waals surface area contributed by atoms with Crippen molar-refractivity contribution in [1.82, 2.24) is 14.5 Å². The van der Waals surface area contributed by atoms with Crippen LogP contribution in [0.3, 0.4) is 0 Å². The number of carbonyl (C=O) groups is 3. The van der Waals surface area contributed by atoms with E-state index in [9.17, 15) is 14.4 Å². The van der Waals surface area contributed by atoms with Gasteiger partial charge >= 0.3 is 0 Å². The van der Waals surface area contributed by atoms with Crippen molar-refractivity contribution in [3.05, 3.63) is 77.9 Å². The molecule has 30 heavy (non-hydrogen) atoms. The van der Waals surface area contributed by atoms with Crippen LogP contribution in [0.1, 0.15) is 37.4 Å². The van der Waals surface area contributed by atoms with Gasteiger partial charge in [0.2, 0.25) is 5.78 Å². The number of likely N-dealkylation sites (tertiary alicyclic amines) is 1. The quantitative estimate of drug-likeness (QED) is 0.292. The molecule has 1 amide bonds. The number of carbonyl (C=O) groups excluding carboxylic acids is 3. The van der Waals surface area contributed by atoms with Gasteiger partial charge < -0.3 is 9.47 Å². The van der Waals surface area contributed by atoms with Crippen molar-refractivity contribution in [3.63, 3.8) is 0 Å². The number of aromatic nitrogens is 2. The highest BCUT2D eigenvalue weighted by Crippen LogP contribution is 2.38. The van der Waals surface area contributed by atoms with Crippen LogP contribution in [0.4, 0.5) is 0 Å². The van der Waals surface area contributed by atoms with Crippen molar-refractivity contribution in [3.8, 4) is 0 Å². The summed E-state index contributed by atoms with van der Waals surface area (Å²) in [6, 6.07) is 7.09. The first-order valence-electron chi connectivity index (χ1n) is 10.2. The minimum Gasteiger partial charge on any atom is -0.337 e. The molecule has 0 saturated carbocycles. The predicted octanol–water partition coefficient (Wildman–Crippen LogP) is 3.44. The summed E-state index contributed by atoms with van der Waals surface area (Å²) in [6.07, 6.45) is 11.1. The highest BCUT2D eigenvalue weighted by molar-refractivity contribution is 6.44. The van der Waals surface area contributed by atoms with E-state index >= 15 is 0 Å². The van der Waals surface area contributed by atoms with E-state index in [2.05, 4.69) is 4.98 Å². The molecule has 1 aliphatic rings. The van der Waals surface area contributed by atoms with E-state index in [4.69, 9.17) is 0 Å². The molecule has 0 aliphatic carbocycles. The maximum absolute atomic E-state index is 13.2. The van der Waals surface area contributed by atoms with Gasteiger partial charge in [0, 0.05) is 31.1 Å². The van der Waals surface area contributed by atoms with E-state index < -0.39 is 23.7 Å². The molecule has 6 nitrogen and oxygen atoms in total. The predicted molar refractivity (Wildman–Crippen MR) is 115 cm³/mol. The Hall–Kier alpha value is -3.28. The van der Waals surface area contributed by atoms with Gasteiger partial charge in [-0.2, -0.15) is 0 Å². The molecule has 1 saturated heterocycles. The first-order valence-corrected chi connectivity index (χ1v) is 10.2. The number of Topliss-reactive ketones (excluding diaryl/α,β-unsaturated/α-hetero) is 2. The van der Waals surface area contributed by atoms with Crippen molar-refractivity contribution >= 4 is 17.5 Å². The lowest BCUT2D eigenvalue weighted by Crippen LogP contribution is -2.32. The fourth-order valence-electron chi connectivity index (χ4n) is 3.89. The molecule has 0 radical (unpaired) electrons. The van der Waals surface area contributed by atoms with E-state index in [1.165, 1.54) is 0 Å². The van der Waals surface area contributed by atoms with Crippen LogP contribution in [0.25, 0.3) is 0 Å². The summed E-state index contributed by atoms with van der Waals surface area (Å²) in [5, 5.41) is 0. The molecular formula is C24H27N3O3. The lowest BCUT2D eigenvalue weighted by Gasteiger charge is -2.27. The summed E-state index contributed by atoms with van der Waals surface area (Å²) < 4.78 is 1.93. The van der Waals surface area contributed by atoms with Crippen LogP contribution in [0.5, 0.6) is 0 Å². The topological polar surface area (TPSA) is 72.3 Å². The third-order valence-electron chi connectivity index (χ3n) is 5.42. The monoisotopic (exact) mass is 405 g/mol. The van der Waals surface area contributed by atoms with E-state index in [1.807, 2.05) is 48.9 Å². The lowest BCUT2D eigenvalue weighted by atomic mass is 9.85. The van der Waals surface area contributed by atoms with E-state index in [-0.39, 0.29) is 5.78 Å². The Morgan fingerprint density at radius 1 is 1.13 bits per heavy atom. The fourth-order valence-corrected chi connectivity index (χ4v) is 3.89. The van der Waals surface area contributed by atoms with Gasteiger partial charge in [0.1, 0.15) is 5.92 Å². The highest BCUT2D eigenvalue weighted by atomic mass is 16.2. The van der Waals surface area contributed by atoms with Crippen LogP contribution < -0.4 is 0 Å². The van der Waals surface area contributed by atoms with Gasteiger partial charge in [-0.3, -0.25) is 14.4 Å². The maximum atomic E-state index is 13.2. The van der Waals surface area contributed by atoms with E-state index in [1.54, 1.807) is 42.6 Å². The number of imidazole rings is 1. The molecule has 0 spiro atoms. The maximum Gasteiger partial charge on any atom is 0.291 e. The Morgan fingerprint density at radius 2 is 1.87 bits per heavy atom. The number of benzene rings is 1. The number of hydrogen-bond donors (Lipinski definition) is 0. The van der Waals surface area contributed by atoms with Crippen LogP contribution >= 0.6 is 0 Å². The Labute approximate surface area is 176 Å². The number of amides is 1. The van der Waals surface area contributed by atoms with Crippen molar-refractivity contribution in [1.29, 1.82) is 0 Å². The molecule has 1 aromatic heterocycles. The SMILES string of the molecule is CC=C/C(=C\C)C(=O)C1C(=O)C(=O)N(CCCn2ccnc2)C1c1ccc(C)cc1. The van der Waals surface area contributed by atoms with Gasteiger partial charge in [-0.15, -0.1) is 0 Å². The Balaban J connectivity index is 1.93. The Bertz CT molecular complexity index is 972. The van der Waals surface area contributed by atoms with Crippen LogP contribution in [0, 0.1) is 12.8 Å². The van der Waals surface area contributed by atoms with Gasteiger partial charge in [-0.05, 0) is 32.8 Å². The zero-order chi connectivity index (χ0) is 21.7. The smallest absolute Gasteiger partial charge is 0.291 e. The molecule has 2 unspecified atom stereocenters. The molecule has 2 heterocycles. The first-order chi connectivity index (χ1) is 14.5. The molecule has 0 bridgehead atoms. The third kappa shape index (κ3) is 4.32. The van der Waals surface area contributed by atoms with Crippen LogP contribution in [-0.4, -0.2) is 38.5 Å². The number of allylic oxidation sites excluding steroid dienone is 4. The number of nitrogens with zero attached hydrogens (tertiary/aromatic N) is 3. The second-order valence-electron chi connectivity index (χ2n) is 7.46. The zero-order valence-corrected chi connectivity index (χ0v) is 17.6. The van der Waals surface area contributed by atoms with E-state index in [0.29, 0.717) is 25.1 Å². The van der Waals surface area contributed by atoms with Gasteiger partial charge in [0.05, 0.1) is 12.4 Å². The second-order valence-corrected chi connectivity index (χ2v) is 7.46. The summed E-state index contributed by atoms with van der Waals surface area (Å²) in [5.74, 6) is -2.55. The van der Waals surface area contributed by atoms with Gasteiger partial charge in [0.15, 0.2) is 5.78 Å². The number of rotatable bonds is 8. The third-order valence-corrected chi connectivity index (χ3v) is 5.42. The summed E-state index contributed by atoms with van der Waals surface area (Å²) >= 11 is 0. The van der Waals surface area contributed by atoms with Gasteiger partial charge in [-0.25, -0.2) is 4.98 Å². The van der Waals surface area contributed by atoms with Crippen molar-refractivity contribution in [2.75, 3.05) is 6.54 Å². The van der Waals surface area contributed by atoms with Crippen LogP contribution in [-0.2, 0) is 20.9 Å². The highest BCUT2D eigenvalue weighted by Gasteiger charge is 2.51. The van der Waals surface area contributed by atoms with E-state index in [0.717, 1.165) is 11.1 Å². The van der Waals surface area contributed by atoms with Crippen LogP contribution in [0.15, 0.2) is 66.8 Å². The van der Waals surface area contributed by atoms with Crippen LogP contribution in [0.2, 0.25) is 0 Å². The molecular weight excluding hydrogens is 378 g/mol. The number of ketones is 2. The molecule has 156 valence electrons. The molecule has 6 heteroatoms. The molecule has 1 aliphatic heterocycles. The number of hydrogen-bond acceptors (Lipinski definition) is 4. The zero-order valence-electron chi connectivity index (χ0n) is 17.6. The lowest BCUT2D eigenvalue weighted by molar-refractivity contribution is -0.142. The minimum atomic E-state index is -1.03. The standard InChI is InChI=1S/C24H27N3O3/c1-4-7-18(5-2)22(28)20-21(19-10-8-17(3)9-11-19)27(24(30)23(20)29)14-6-13-26-15-12-25-16-26/h4-5,7-12,15-16,20-21H,6,13-14H2,1-3H3/b7-4?,18-5+. The average Bonchev–Trinajstić information content (AvgIpc) is 3.34. The summed E-state index contributed by atoms with van der Waals surface area (Å²) in [7, 11) is 0.